The quantitative estimate of drug-likeness (QED) is 0.735. The second-order valence-electron chi connectivity index (χ2n) is 4.93. The molecule has 0 amide bonds. The molecule has 20 heavy (non-hydrogen) atoms. The van der Waals surface area contributed by atoms with Crippen molar-refractivity contribution in [3.63, 3.8) is 0 Å². The van der Waals surface area contributed by atoms with Crippen LogP contribution in [0.4, 0.5) is 5.69 Å². The van der Waals surface area contributed by atoms with Gasteiger partial charge >= 0.3 is 0 Å². The van der Waals surface area contributed by atoms with Crippen LogP contribution < -0.4 is 10.0 Å². The first-order valence-electron chi connectivity index (χ1n) is 7.40. The average molecular weight is 298 g/mol. The van der Waals surface area contributed by atoms with E-state index in [1.807, 2.05) is 19.1 Å². The molecule has 0 aromatic heterocycles. The molecular weight excluding hydrogens is 272 g/mol. The van der Waals surface area contributed by atoms with Gasteiger partial charge in [-0.25, -0.2) is 13.1 Å². The molecule has 1 rings (SSSR count). The molecule has 2 N–H and O–H groups in total. The molecule has 0 spiro atoms. The minimum absolute atomic E-state index is 0.308. The van der Waals surface area contributed by atoms with Gasteiger partial charge in [-0.05, 0) is 31.4 Å². The summed E-state index contributed by atoms with van der Waals surface area (Å²) in [4.78, 5) is 0.336. The fourth-order valence-electron chi connectivity index (χ4n) is 2.08. The van der Waals surface area contributed by atoms with Gasteiger partial charge < -0.3 is 5.32 Å². The van der Waals surface area contributed by atoms with Gasteiger partial charge in [0.1, 0.15) is 4.90 Å². The highest BCUT2D eigenvalue weighted by atomic mass is 32.2. The topological polar surface area (TPSA) is 58.2 Å². The predicted molar refractivity (Wildman–Crippen MR) is 84.5 cm³/mol. The molecule has 5 heteroatoms. The van der Waals surface area contributed by atoms with Crippen molar-refractivity contribution in [2.75, 3.05) is 11.9 Å². The van der Waals surface area contributed by atoms with Crippen molar-refractivity contribution < 1.29 is 8.42 Å². The third kappa shape index (κ3) is 4.80. The van der Waals surface area contributed by atoms with Crippen LogP contribution in [0.25, 0.3) is 0 Å². The molecule has 1 atom stereocenters. The maximum atomic E-state index is 12.3. The number of sulfonamides is 1. The molecule has 0 fully saturated rings. The van der Waals surface area contributed by atoms with Crippen LogP contribution in [-0.4, -0.2) is 21.0 Å². The van der Waals surface area contributed by atoms with Crippen LogP contribution in [-0.2, 0) is 10.0 Å². The third-order valence-electron chi connectivity index (χ3n) is 3.21. The van der Waals surface area contributed by atoms with Gasteiger partial charge in [-0.3, -0.25) is 0 Å². The van der Waals surface area contributed by atoms with Crippen LogP contribution in [0.5, 0.6) is 0 Å². The number of hydrogen-bond acceptors (Lipinski definition) is 3. The molecule has 4 nitrogen and oxygen atoms in total. The third-order valence-corrected chi connectivity index (χ3v) is 4.73. The lowest BCUT2D eigenvalue weighted by Crippen LogP contribution is -2.26. The smallest absolute Gasteiger partial charge is 0.242 e. The summed E-state index contributed by atoms with van der Waals surface area (Å²) in [6.45, 7) is 6.65. The van der Waals surface area contributed by atoms with Crippen molar-refractivity contribution in [2.24, 2.45) is 0 Å². The number of rotatable bonds is 9. The largest absolute Gasteiger partial charge is 0.381 e. The first-order chi connectivity index (χ1) is 9.55. The molecule has 1 aromatic rings. The molecule has 0 aliphatic carbocycles. The standard InChI is InChI=1S/C15H26N2O2S/c1-4-9-13(6-3)17-14-10-7-8-11-15(14)20(18,19)16-12-5-2/h7-8,10-11,13,16-17H,4-6,9,12H2,1-3H3. The summed E-state index contributed by atoms with van der Waals surface area (Å²) < 4.78 is 27.2. The lowest BCUT2D eigenvalue weighted by Gasteiger charge is -2.20. The molecule has 0 saturated carbocycles. The summed E-state index contributed by atoms with van der Waals surface area (Å²) in [5, 5.41) is 3.36. The van der Waals surface area contributed by atoms with Gasteiger partial charge in [0, 0.05) is 12.6 Å². The van der Waals surface area contributed by atoms with E-state index in [9.17, 15) is 8.42 Å². The molecule has 0 aliphatic rings. The van der Waals surface area contributed by atoms with Gasteiger partial charge in [-0.1, -0.05) is 39.3 Å². The summed E-state index contributed by atoms with van der Waals surface area (Å²) in [6, 6.07) is 7.41. The Bertz CT molecular complexity index is 500. The van der Waals surface area contributed by atoms with Crippen LogP contribution in [0, 0.1) is 0 Å². The molecule has 0 heterocycles. The zero-order chi connectivity index (χ0) is 15.0. The van der Waals surface area contributed by atoms with Gasteiger partial charge in [0.25, 0.3) is 0 Å². The van der Waals surface area contributed by atoms with E-state index in [0.29, 0.717) is 23.2 Å². The van der Waals surface area contributed by atoms with Crippen LogP contribution >= 0.6 is 0 Å². The normalized spacial score (nSPS) is 13.2. The molecule has 114 valence electrons. The van der Waals surface area contributed by atoms with E-state index in [-0.39, 0.29) is 0 Å². The molecular formula is C15H26N2O2S. The summed E-state index contributed by atoms with van der Waals surface area (Å²) in [6.07, 6.45) is 3.87. The first-order valence-corrected chi connectivity index (χ1v) is 8.88. The minimum Gasteiger partial charge on any atom is -0.381 e. The number of nitrogens with one attached hydrogen (secondary N) is 2. The Labute approximate surface area is 123 Å². The summed E-state index contributed by atoms with van der Waals surface area (Å²) >= 11 is 0. The summed E-state index contributed by atoms with van der Waals surface area (Å²) in [7, 11) is -3.43. The zero-order valence-electron chi connectivity index (χ0n) is 12.6. The average Bonchev–Trinajstić information content (AvgIpc) is 2.45. The fraction of sp³-hybridized carbons (Fsp3) is 0.600. The highest BCUT2D eigenvalue weighted by Gasteiger charge is 2.18. The van der Waals surface area contributed by atoms with Crippen molar-refractivity contribution in [3.8, 4) is 0 Å². The molecule has 0 saturated heterocycles. The fourth-order valence-corrected chi connectivity index (χ4v) is 3.38. The number of para-hydroxylation sites is 1. The Morgan fingerprint density at radius 2 is 1.80 bits per heavy atom. The molecule has 0 aliphatic heterocycles. The Balaban J connectivity index is 2.98. The van der Waals surface area contributed by atoms with Crippen LogP contribution in [0.3, 0.4) is 0 Å². The molecule has 1 unspecified atom stereocenters. The Kier molecular flexibility index (Phi) is 7.02. The van der Waals surface area contributed by atoms with Crippen molar-refractivity contribution in [1.29, 1.82) is 0 Å². The molecule has 1 aromatic carbocycles. The minimum atomic E-state index is -3.43. The van der Waals surface area contributed by atoms with Gasteiger partial charge in [0.15, 0.2) is 0 Å². The maximum absolute atomic E-state index is 12.3. The van der Waals surface area contributed by atoms with Crippen LogP contribution in [0.2, 0.25) is 0 Å². The van der Waals surface area contributed by atoms with Crippen molar-refractivity contribution >= 4 is 15.7 Å². The number of anilines is 1. The van der Waals surface area contributed by atoms with Crippen LogP contribution in [0.15, 0.2) is 29.2 Å². The van der Waals surface area contributed by atoms with E-state index in [4.69, 9.17) is 0 Å². The Morgan fingerprint density at radius 1 is 1.10 bits per heavy atom. The number of hydrogen-bond donors (Lipinski definition) is 2. The van der Waals surface area contributed by atoms with Gasteiger partial charge in [-0.15, -0.1) is 0 Å². The van der Waals surface area contributed by atoms with E-state index >= 15 is 0 Å². The van der Waals surface area contributed by atoms with Crippen molar-refractivity contribution in [2.45, 2.75) is 57.4 Å². The molecule has 0 bridgehead atoms. The van der Waals surface area contributed by atoms with E-state index in [0.717, 1.165) is 25.7 Å². The van der Waals surface area contributed by atoms with Gasteiger partial charge in [0.2, 0.25) is 10.0 Å². The van der Waals surface area contributed by atoms with Gasteiger partial charge in [0.05, 0.1) is 5.69 Å². The van der Waals surface area contributed by atoms with E-state index in [1.165, 1.54) is 0 Å². The van der Waals surface area contributed by atoms with Gasteiger partial charge in [-0.2, -0.15) is 0 Å². The monoisotopic (exact) mass is 298 g/mol. The lowest BCUT2D eigenvalue weighted by molar-refractivity contribution is 0.580. The summed E-state index contributed by atoms with van der Waals surface area (Å²) in [5.74, 6) is 0. The zero-order valence-corrected chi connectivity index (χ0v) is 13.5. The number of benzene rings is 1. The van der Waals surface area contributed by atoms with E-state index in [1.54, 1.807) is 12.1 Å². The second kappa shape index (κ2) is 8.27. The highest BCUT2D eigenvalue weighted by Crippen LogP contribution is 2.22. The Morgan fingerprint density at radius 3 is 2.40 bits per heavy atom. The van der Waals surface area contributed by atoms with E-state index < -0.39 is 10.0 Å². The highest BCUT2D eigenvalue weighted by molar-refractivity contribution is 7.89. The van der Waals surface area contributed by atoms with Crippen molar-refractivity contribution in [1.82, 2.24) is 4.72 Å². The van der Waals surface area contributed by atoms with Crippen LogP contribution in [0.1, 0.15) is 46.5 Å². The predicted octanol–water partition coefficient (Wildman–Crippen LogP) is 3.37. The van der Waals surface area contributed by atoms with E-state index in [2.05, 4.69) is 23.9 Å². The second-order valence-corrected chi connectivity index (χ2v) is 6.67. The first kappa shape index (κ1) is 17.0. The summed E-state index contributed by atoms with van der Waals surface area (Å²) in [5.41, 5.74) is 0.691. The molecule has 0 radical (unpaired) electrons. The Hall–Kier alpha value is -1.07. The maximum Gasteiger partial charge on any atom is 0.242 e. The SMILES string of the molecule is CCCNS(=O)(=O)c1ccccc1NC(CC)CCC. The van der Waals surface area contributed by atoms with Crippen molar-refractivity contribution in [3.05, 3.63) is 24.3 Å². The lowest BCUT2D eigenvalue weighted by atomic mass is 10.1.